The van der Waals surface area contributed by atoms with Crippen LogP contribution in [0, 0.1) is 11.3 Å². The molecule has 0 bridgehead atoms. The summed E-state index contributed by atoms with van der Waals surface area (Å²) in [5, 5.41) is 0. The number of rotatable bonds is 9. The smallest absolute Gasteiger partial charge is 0.306 e. The van der Waals surface area contributed by atoms with Gasteiger partial charge in [0.15, 0.2) is 0 Å². The predicted molar refractivity (Wildman–Crippen MR) is 85.9 cm³/mol. The van der Waals surface area contributed by atoms with Gasteiger partial charge in [-0.1, -0.05) is 12.1 Å². The molecule has 2 fully saturated rings. The van der Waals surface area contributed by atoms with E-state index in [0.29, 0.717) is 13.0 Å². The van der Waals surface area contributed by atoms with E-state index in [1.807, 2.05) is 6.92 Å². The van der Waals surface area contributed by atoms with Gasteiger partial charge in [0.1, 0.15) is 5.75 Å². The van der Waals surface area contributed by atoms with Crippen molar-refractivity contribution in [2.75, 3.05) is 13.2 Å². The second kappa shape index (κ2) is 6.72. The Morgan fingerprint density at radius 3 is 2.55 bits per heavy atom. The zero-order chi connectivity index (χ0) is 15.4. The fraction of sp³-hybridized carbons (Fsp3) is 0.632. The molecule has 0 saturated heterocycles. The first-order valence-electron chi connectivity index (χ1n) is 8.56. The maximum atomic E-state index is 11.6. The largest absolute Gasteiger partial charge is 0.493 e. The van der Waals surface area contributed by atoms with E-state index in [4.69, 9.17) is 9.47 Å². The molecule has 0 atom stereocenters. The average Bonchev–Trinajstić information content (AvgIpc) is 3.41. The third-order valence-electron chi connectivity index (χ3n) is 4.83. The van der Waals surface area contributed by atoms with E-state index >= 15 is 0 Å². The van der Waals surface area contributed by atoms with Gasteiger partial charge in [0, 0.05) is 0 Å². The third kappa shape index (κ3) is 4.49. The molecule has 0 unspecified atom stereocenters. The van der Waals surface area contributed by atoms with Gasteiger partial charge in [0.25, 0.3) is 0 Å². The van der Waals surface area contributed by atoms with Crippen LogP contribution < -0.4 is 4.74 Å². The number of aryl methyl sites for hydroxylation is 1. The lowest BCUT2D eigenvalue weighted by molar-refractivity contribution is -0.144. The van der Waals surface area contributed by atoms with Crippen LogP contribution in [0.2, 0.25) is 0 Å². The topological polar surface area (TPSA) is 35.5 Å². The molecular weight excluding hydrogens is 276 g/mol. The van der Waals surface area contributed by atoms with E-state index in [1.54, 1.807) is 0 Å². The highest BCUT2D eigenvalue weighted by molar-refractivity contribution is 5.70. The van der Waals surface area contributed by atoms with Crippen LogP contribution >= 0.6 is 0 Å². The maximum absolute atomic E-state index is 11.6. The number of esters is 1. The minimum Gasteiger partial charge on any atom is -0.493 e. The average molecular weight is 302 g/mol. The van der Waals surface area contributed by atoms with Crippen LogP contribution in [0.25, 0.3) is 0 Å². The van der Waals surface area contributed by atoms with E-state index in [0.717, 1.165) is 44.0 Å². The Morgan fingerprint density at radius 1 is 1.23 bits per heavy atom. The highest BCUT2D eigenvalue weighted by Crippen LogP contribution is 2.52. The summed E-state index contributed by atoms with van der Waals surface area (Å²) in [5.41, 5.74) is 1.54. The second-order valence-electron chi connectivity index (χ2n) is 6.88. The first kappa shape index (κ1) is 15.4. The van der Waals surface area contributed by atoms with Gasteiger partial charge in [-0.25, -0.2) is 0 Å². The van der Waals surface area contributed by atoms with E-state index in [2.05, 4.69) is 24.3 Å². The fourth-order valence-electron chi connectivity index (χ4n) is 2.87. The monoisotopic (exact) mass is 302 g/mol. The summed E-state index contributed by atoms with van der Waals surface area (Å²) in [6, 6.07) is 8.45. The Balaban J connectivity index is 1.43. The van der Waals surface area contributed by atoms with Gasteiger partial charge in [-0.3, -0.25) is 4.79 Å². The quantitative estimate of drug-likeness (QED) is 0.643. The summed E-state index contributed by atoms with van der Waals surface area (Å²) in [7, 11) is 0. The fourth-order valence-corrected chi connectivity index (χ4v) is 2.87. The molecule has 2 aliphatic rings. The van der Waals surface area contributed by atoms with Crippen molar-refractivity contribution in [3.63, 3.8) is 0 Å². The molecule has 2 aliphatic carbocycles. The summed E-state index contributed by atoms with van der Waals surface area (Å²) in [5.74, 6) is 1.73. The lowest BCUT2D eigenvalue weighted by Gasteiger charge is -2.14. The zero-order valence-electron chi connectivity index (χ0n) is 13.5. The lowest BCUT2D eigenvalue weighted by Crippen LogP contribution is -2.13. The second-order valence-corrected chi connectivity index (χ2v) is 6.88. The van der Waals surface area contributed by atoms with Crippen LogP contribution in [0.3, 0.4) is 0 Å². The molecule has 120 valence electrons. The molecule has 3 nitrogen and oxygen atoms in total. The molecule has 3 rings (SSSR count). The Morgan fingerprint density at radius 2 is 1.95 bits per heavy atom. The molecule has 0 radical (unpaired) electrons. The van der Waals surface area contributed by atoms with Crippen molar-refractivity contribution < 1.29 is 14.3 Å². The van der Waals surface area contributed by atoms with Crippen LogP contribution in [0.4, 0.5) is 0 Å². The van der Waals surface area contributed by atoms with Crippen LogP contribution in [-0.2, 0) is 16.0 Å². The molecule has 0 spiro atoms. The molecule has 0 amide bonds. The van der Waals surface area contributed by atoms with Crippen LogP contribution in [0.5, 0.6) is 5.75 Å². The van der Waals surface area contributed by atoms with E-state index in [1.165, 1.54) is 18.4 Å². The molecular formula is C19H26O3. The maximum Gasteiger partial charge on any atom is 0.306 e. The molecule has 2 saturated carbocycles. The number of carbonyl (C=O) groups is 1. The summed E-state index contributed by atoms with van der Waals surface area (Å²) in [6.07, 6.45) is 7.66. The van der Waals surface area contributed by atoms with Crippen molar-refractivity contribution in [3.8, 4) is 5.75 Å². The lowest BCUT2D eigenvalue weighted by atomic mass is 9.93. The van der Waals surface area contributed by atoms with Gasteiger partial charge in [0.05, 0.1) is 19.6 Å². The van der Waals surface area contributed by atoms with Crippen molar-refractivity contribution in [1.29, 1.82) is 0 Å². The van der Waals surface area contributed by atoms with Crippen LogP contribution in [0.1, 0.15) is 51.0 Å². The molecule has 0 aliphatic heterocycles. The summed E-state index contributed by atoms with van der Waals surface area (Å²) < 4.78 is 10.8. The van der Waals surface area contributed by atoms with Crippen molar-refractivity contribution in [2.24, 2.45) is 11.3 Å². The number of hydrogen-bond acceptors (Lipinski definition) is 3. The van der Waals surface area contributed by atoms with Gasteiger partial charge in [0.2, 0.25) is 0 Å². The third-order valence-corrected chi connectivity index (χ3v) is 4.83. The van der Waals surface area contributed by atoms with E-state index in [9.17, 15) is 4.79 Å². The minimum absolute atomic E-state index is 0.0381. The molecule has 22 heavy (non-hydrogen) atoms. The van der Waals surface area contributed by atoms with E-state index in [-0.39, 0.29) is 11.4 Å². The summed E-state index contributed by atoms with van der Waals surface area (Å²) >= 11 is 0. The molecule has 0 heterocycles. The van der Waals surface area contributed by atoms with Gasteiger partial charge in [-0.2, -0.15) is 0 Å². The van der Waals surface area contributed by atoms with E-state index < -0.39 is 0 Å². The Hall–Kier alpha value is -1.51. The van der Waals surface area contributed by atoms with Gasteiger partial charge in [-0.05, 0) is 74.5 Å². The molecule has 1 aromatic rings. The number of hydrogen-bond donors (Lipinski definition) is 0. The number of carbonyl (C=O) groups excluding carboxylic acids is 1. The van der Waals surface area contributed by atoms with Crippen molar-refractivity contribution in [1.82, 2.24) is 0 Å². The first-order valence-corrected chi connectivity index (χ1v) is 8.56. The molecule has 1 aromatic carbocycles. The van der Waals surface area contributed by atoms with Gasteiger partial charge < -0.3 is 9.47 Å². The highest BCUT2D eigenvalue weighted by Gasteiger charge is 2.44. The first-order chi connectivity index (χ1) is 10.7. The highest BCUT2D eigenvalue weighted by atomic mass is 16.5. The molecule has 0 N–H and O–H groups in total. The van der Waals surface area contributed by atoms with Crippen molar-refractivity contribution >= 4 is 5.97 Å². The summed E-state index contributed by atoms with van der Waals surface area (Å²) in [4.78, 5) is 11.6. The number of benzene rings is 1. The predicted octanol–water partition coefficient (Wildman–Crippen LogP) is 4.14. The Bertz CT molecular complexity index is 498. The number of ether oxygens (including phenoxy) is 2. The standard InChI is InChI=1S/C19H26O3/c1-2-21-18(20)13-19(11-12-19)10-9-15-5-7-17(8-6-15)22-14-16-3-4-16/h5-8,16H,2-4,9-14H2,1H3. The zero-order valence-corrected chi connectivity index (χ0v) is 13.5. The van der Waals surface area contributed by atoms with Crippen molar-refractivity contribution in [3.05, 3.63) is 29.8 Å². The van der Waals surface area contributed by atoms with Crippen molar-refractivity contribution in [2.45, 2.75) is 51.9 Å². The normalized spacial score (nSPS) is 18.8. The minimum atomic E-state index is -0.0381. The Kier molecular flexibility index (Phi) is 4.70. The van der Waals surface area contributed by atoms with Gasteiger partial charge >= 0.3 is 5.97 Å². The Labute approximate surface area is 133 Å². The SMILES string of the molecule is CCOC(=O)CC1(CCc2ccc(OCC3CC3)cc2)CC1. The van der Waals surface area contributed by atoms with Gasteiger partial charge in [-0.15, -0.1) is 0 Å². The molecule has 3 heteroatoms. The van der Waals surface area contributed by atoms with Crippen LogP contribution in [-0.4, -0.2) is 19.2 Å². The molecule has 0 aromatic heterocycles. The summed E-state index contributed by atoms with van der Waals surface area (Å²) in [6.45, 7) is 3.21. The van der Waals surface area contributed by atoms with Crippen LogP contribution in [0.15, 0.2) is 24.3 Å².